The Morgan fingerprint density at radius 1 is 1.43 bits per heavy atom. The van der Waals surface area contributed by atoms with Gasteiger partial charge in [0.2, 0.25) is 0 Å². The molecule has 1 amide bonds. The molecule has 21 heavy (non-hydrogen) atoms. The van der Waals surface area contributed by atoms with Crippen LogP contribution in [0.2, 0.25) is 0 Å². The van der Waals surface area contributed by atoms with Crippen molar-refractivity contribution in [1.29, 1.82) is 0 Å². The summed E-state index contributed by atoms with van der Waals surface area (Å²) in [6.45, 7) is 3.89. The van der Waals surface area contributed by atoms with Crippen LogP contribution in [0.1, 0.15) is 25.3 Å². The highest BCUT2D eigenvalue weighted by atomic mass is 16.5. The monoisotopic (exact) mass is 286 g/mol. The van der Waals surface area contributed by atoms with Gasteiger partial charge >= 0.3 is 0 Å². The first-order chi connectivity index (χ1) is 10.2. The Labute approximate surface area is 125 Å². The normalized spacial score (nSPS) is 24.9. The van der Waals surface area contributed by atoms with Gasteiger partial charge in [-0.1, -0.05) is 25.1 Å². The van der Waals surface area contributed by atoms with E-state index in [4.69, 9.17) is 10.5 Å². The number of fused-ring (bicyclic) bond motifs is 1. The Kier molecular flexibility index (Phi) is 3.97. The molecular formula is C17H22N2O2. The Morgan fingerprint density at radius 3 is 3.05 bits per heavy atom. The maximum absolute atomic E-state index is 12.8. The molecule has 2 N–H and O–H groups in total. The zero-order chi connectivity index (χ0) is 14.8. The third-order valence-electron chi connectivity index (χ3n) is 4.42. The molecule has 2 atom stereocenters. The van der Waals surface area contributed by atoms with Gasteiger partial charge in [0, 0.05) is 24.7 Å². The molecule has 1 saturated heterocycles. The number of likely N-dealkylation sites (tertiary alicyclic amines) is 1. The number of ether oxygens (including phenoxy) is 1. The topological polar surface area (TPSA) is 55.6 Å². The second-order valence-electron chi connectivity index (χ2n) is 6.01. The maximum atomic E-state index is 12.8. The van der Waals surface area contributed by atoms with E-state index in [0.717, 1.165) is 36.3 Å². The molecule has 112 valence electrons. The van der Waals surface area contributed by atoms with Gasteiger partial charge in [0.15, 0.2) is 0 Å². The molecule has 0 spiro atoms. The number of hydrogen-bond donors (Lipinski definition) is 1. The average molecular weight is 286 g/mol. The van der Waals surface area contributed by atoms with Crippen LogP contribution < -0.4 is 10.5 Å². The lowest BCUT2D eigenvalue weighted by atomic mass is 9.91. The summed E-state index contributed by atoms with van der Waals surface area (Å²) >= 11 is 0. The molecule has 1 fully saturated rings. The van der Waals surface area contributed by atoms with Gasteiger partial charge < -0.3 is 15.4 Å². The van der Waals surface area contributed by atoms with Gasteiger partial charge in [0.25, 0.3) is 5.91 Å². The van der Waals surface area contributed by atoms with Crippen molar-refractivity contribution in [3.05, 3.63) is 35.4 Å². The van der Waals surface area contributed by atoms with Crippen LogP contribution in [0.5, 0.6) is 5.75 Å². The number of benzene rings is 1. The van der Waals surface area contributed by atoms with Crippen molar-refractivity contribution >= 4 is 12.0 Å². The molecule has 2 heterocycles. The number of rotatable bonds is 2. The molecule has 2 unspecified atom stereocenters. The summed E-state index contributed by atoms with van der Waals surface area (Å²) in [4.78, 5) is 14.7. The molecule has 1 aromatic rings. The minimum atomic E-state index is 0.0758. The number of carbonyl (C=O) groups excluding carboxylic acids is 1. The zero-order valence-corrected chi connectivity index (χ0v) is 12.4. The van der Waals surface area contributed by atoms with Crippen molar-refractivity contribution < 1.29 is 9.53 Å². The Morgan fingerprint density at radius 2 is 2.24 bits per heavy atom. The maximum Gasteiger partial charge on any atom is 0.253 e. The number of para-hydroxylation sites is 1. The van der Waals surface area contributed by atoms with Crippen LogP contribution in [0.25, 0.3) is 6.08 Å². The number of nitrogens with two attached hydrogens (primary N) is 1. The van der Waals surface area contributed by atoms with Crippen molar-refractivity contribution in [1.82, 2.24) is 4.90 Å². The van der Waals surface area contributed by atoms with Crippen LogP contribution in [0.4, 0.5) is 0 Å². The molecule has 4 nitrogen and oxygen atoms in total. The van der Waals surface area contributed by atoms with Crippen LogP contribution in [0, 0.1) is 5.92 Å². The summed E-state index contributed by atoms with van der Waals surface area (Å²) in [5.74, 6) is 1.56. The van der Waals surface area contributed by atoms with Crippen molar-refractivity contribution in [3.63, 3.8) is 0 Å². The van der Waals surface area contributed by atoms with Crippen molar-refractivity contribution in [2.45, 2.75) is 25.8 Å². The molecule has 2 aliphatic heterocycles. The molecule has 2 aliphatic rings. The number of hydrogen-bond acceptors (Lipinski definition) is 3. The van der Waals surface area contributed by atoms with E-state index >= 15 is 0 Å². The average Bonchev–Trinajstić information content (AvgIpc) is 2.53. The quantitative estimate of drug-likeness (QED) is 0.905. The summed E-state index contributed by atoms with van der Waals surface area (Å²) in [6.07, 6.45) is 3.99. The summed E-state index contributed by atoms with van der Waals surface area (Å²) in [5.41, 5.74) is 7.55. The van der Waals surface area contributed by atoms with Gasteiger partial charge in [-0.25, -0.2) is 0 Å². The molecule has 0 saturated carbocycles. The zero-order valence-electron chi connectivity index (χ0n) is 12.4. The lowest BCUT2D eigenvalue weighted by molar-refractivity contribution is -0.131. The third-order valence-corrected chi connectivity index (χ3v) is 4.42. The Balaban J connectivity index is 1.81. The molecular weight excluding hydrogens is 264 g/mol. The number of carbonyl (C=O) groups is 1. The van der Waals surface area contributed by atoms with E-state index in [9.17, 15) is 4.79 Å². The number of amides is 1. The van der Waals surface area contributed by atoms with E-state index in [1.165, 1.54) is 0 Å². The lowest BCUT2D eigenvalue weighted by Gasteiger charge is -2.38. The second kappa shape index (κ2) is 5.90. The fraction of sp³-hybridized carbons (Fsp3) is 0.471. The van der Waals surface area contributed by atoms with E-state index in [0.29, 0.717) is 19.1 Å². The highest BCUT2D eigenvalue weighted by molar-refractivity contribution is 5.99. The first-order valence-corrected chi connectivity index (χ1v) is 7.62. The molecule has 0 aromatic heterocycles. The molecule has 0 aliphatic carbocycles. The Bertz CT molecular complexity index is 568. The highest BCUT2D eigenvalue weighted by Gasteiger charge is 2.31. The minimum Gasteiger partial charge on any atom is -0.488 e. The summed E-state index contributed by atoms with van der Waals surface area (Å²) in [7, 11) is 0. The molecule has 3 rings (SSSR count). The van der Waals surface area contributed by atoms with Crippen LogP contribution in [-0.2, 0) is 4.79 Å². The summed E-state index contributed by atoms with van der Waals surface area (Å²) in [5, 5.41) is 0. The summed E-state index contributed by atoms with van der Waals surface area (Å²) < 4.78 is 5.69. The van der Waals surface area contributed by atoms with Gasteiger partial charge in [-0.3, -0.25) is 4.79 Å². The Hall–Kier alpha value is -1.81. The standard InChI is InChI=1S/C17H22N2O2/c1-12-6-7-19(15(8-12)10-18)17(20)14-9-13-4-2-3-5-16(13)21-11-14/h2-5,9,12,15H,6-8,10-11,18H2,1H3. The second-order valence-corrected chi connectivity index (χ2v) is 6.01. The molecule has 4 heteroatoms. The van der Waals surface area contributed by atoms with E-state index in [1.807, 2.05) is 35.2 Å². The third kappa shape index (κ3) is 2.81. The minimum absolute atomic E-state index is 0.0758. The van der Waals surface area contributed by atoms with E-state index in [2.05, 4.69) is 6.92 Å². The van der Waals surface area contributed by atoms with Crippen molar-refractivity contribution in [3.8, 4) is 5.75 Å². The van der Waals surface area contributed by atoms with E-state index in [-0.39, 0.29) is 11.9 Å². The SMILES string of the molecule is CC1CCN(C(=O)C2=Cc3ccccc3OC2)C(CN)C1. The molecule has 0 radical (unpaired) electrons. The van der Waals surface area contributed by atoms with Crippen LogP contribution in [0.3, 0.4) is 0 Å². The first-order valence-electron chi connectivity index (χ1n) is 7.62. The fourth-order valence-corrected chi connectivity index (χ4v) is 3.17. The van der Waals surface area contributed by atoms with E-state index < -0.39 is 0 Å². The van der Waals surface area contributed by atoms with Crippen LogP contribution in [-0.4, -0.2) is 36.5 Å². The van der Waals surface area contributed by atoms with Gasteiger partial charge in [-0.05, 0) is 30.9 Å². The predicted octanol–water partition coefficient (Wildman–Crippen LogP) is 2.05. The number of nitrogens with zero attached hydrogens (tertiary/aromatic N) is 1. The fourth-order valence-electron chi connectivity index (χ4n) is 3.17. The lowest BCUT2D eigenvalue weighted by Crippen LogP contribution is -2.50. The smallest absolute Gasteiger partial charge is 0.253 e. The summed E-state index contributed by atoms with van der Waals surface area (Å²) in [6, 6.07) is 7.95. The van der Waals surface area contributed by atoms with Gasteiger partial charge in [0.1, 0.15) is 12.4 Å². The predicted molar refractivity (Wildman–Crippen MR) is 82.9 cm³/mol. The van der Waals surface area contributed by atoms with Gasteiger partial charge in [-0.2, -0.15) is 0 Å². The molecule has 1 aromatic carbocycles. The largest absolute Gasteiger partial charge is 0.488 e. The first kappa shape index (κ1) is 14.1. The van der Waals surface area contributed by atoms with Crippen molar-refractivity contribution in [2.24, 2.45) is 11.7 Å². The number of piperidine rings is 1. The van der Waals surface area contributed by atoms with Gasteiger partial charge in [0.05, 0.1) is 5.57 Å². The van der Waals surface area contributed by atoms with Crippen LogP contribution in [0.15, 0.2) is 29.8 Å². The van der Waals surface area contributed by atoms with Gasteiger partial charge in [-0.15, -0.1) is 0 Å². The van der Waals surface area contributed by atoms with Crippen LogP contribution >= 0.6 is 0 Å². The van der Waals surface area contributed by atoms with Crippen molar-refractivity contribution in [2.75, 3.05) is 19.7 Å². The van der Waals surface area contributed by atoms with E-state index in [1.54, 1.807) is 0 Å². The highest BCUT2D eigenvalue weighted by Crippen LogP contribution is 2.29. The molecule has 0 bridgehead atoms.